The largest absolute Gasteiger partial charge is 0.343 e. The molecule has 114 valence electrons. The zero-order chi connectivity index (χ0) is 15.2. The second-order valence-corrected chi connectivity index (χ2v) is 4.84. The molecule has 0 aromatic heterocycles. The molecule has 1 fully saturated rings. The van der Waals surface area contributed by atoms with Gasteiger partial charge >= 0.3 is 6.03 Å². The lowest BCUT2D eigenvalue weighted by Gasteiger charge is -2.15. The second-order valence-electron chi connectivity index (χ2n) is 4.84. The highest BCUT2D eigenvalue weighted by Gasteiger charge is 2.19. The van der Waals surface area contributed by atoms with Crippen LogP contribution < -0.4 is 10.6 Å². The molecule has 1 aliphatic heterocycles. The maximum absolute atomic E-state index is 13.3. The van der Waals surface area contributed by atoms with Gasteiger partial charge in [0.25, 0.3) is 0 Å². The topological polar surface area (TPSA) is 61.4 Å². The number of carbonyl (C=O) groups excluding carboxylic acids is 2. The van der Waals surface area contributed by atoms with Crippen LogP contribution >= 0.6 is 0 Å². The highest BCUT2D eigenvalue weighted by atomic mass is 19.1. The van der Waals surface area contributed by atoms with Gasteiger partial charge in [0.1, 0.15) is 11.6 Å². The van der Waals surface area contributed by atoms with Crippen molar-refractivity contribution in [3.8, 4) is 0 Å². The van der Waals surface area contributed by atoms with Gasteiger partial charge in [0.2, 0.25) is 5.91 Å². The first-order chi connectivity index (χ1) is 10.1. The Morgan fingerprint density at radius 3 is 2.81 bits per heavy atom. The van der Waals surface area contributed by atoms with E-state index in [4.69, 9.17) is 0 Å². The maximum Gasteiger partial charge on any atom is 0.319 e. The van der Waals surface area contributed by atoms with E-state index < -0.39 is 17.7 Å². The van der Waals surface area contributed by atoms with Gasteiger partial charge in [-0.05, 0) is 25.0 Å². The van der Waals surface area contributed by atoms with Gasteiger partial charge in [0.15, 0.2) is 0 Å². The summed E-state index contributed by atoms with van der Waals surface area (Å²) < 4.78 is 26.0. The van der Waals surface area contributed by atoms with Crippen LogP contribution in [0.5, 0.6) is 0 Å². The Morgan fingerprint density at radius 1 is 1.33 bits per heavy atom. The van der Waals surface area contributed by atoms with E-state index in [1.807, 2.05) is 0 Å². The molecule has 1 heterocycles. The molecule has 0 atom stereocenters. The van der Waals surface area contributed by atoms with Gasteiger partial charge in [-0.15, -0.1) is 0 Å². The van der Waals surface area contributed by atoms with Gasteiger partial charge in [0, 0.05) is 32.1 Å². The summed E-state index contributed by atoms with van der Waals surface area (Å²) in [7, 11) is 0. The van der Waals surface area contributed by atoms with Crippen molar-refractivity contribution in [3.05, 3.63) is 29.8 Å². The molecular weight excluding hydrogens is 280 g/mol. The predicted octanol–water partition coefficient (Wildman–Crippen LogP) is 2.10. The summed E-state index contributed by atoms with van der Waals surface area (Å²) in [5, 5.41) is 4.87. The molecule has 5 nitrogen and oxygen atoms in total. The highest BCUT2D eigenvalue weighted by Crippen LogP contribution is 2.14. The minimum atomic E-state index is -0.826. The van der Waals surface area contributed by atoms with Crippen LogP contribution in [0.15, 0.2) is 18.2 Å². The van der Waals surface area contributed by atoms with E-state index in [9.17, 15) is 18.4 Å². The number of likely N-dealkylation sites (tertiary alicyclic amines) is 1. The number of hydrogen-bond acceptors (Lipinski definition) is 2. The second kappa shape index (κ2) is 7.01. The first-order valence-corrected chi connectivity index (χ1v) is 6.84. The average Bonchev–Trinajstić information content (AvgIpc) is 2.84. The number of benzene rings is 1. The Morgan fingerprint density at radius 2 is 2.14 bits per heavy atom. The number of nitrogens with one attached hydrogen (secondary N) is 2. The average molecular weight is 297 g/mol. The summed E-state index contributed by atoms with van der Waals surface area (Å²) in [6.45, 7) is 1.74. The summed E-state index contributed by atoms with van der Waals surface area (Å²) in [6.07, 6.45) is 2.11. The van der Waals surface area contributed by atoms with Crippen LogP contribution in [-0.2, 0) is 4.79 Å². The fourth-order valence-corrected chi connectivity index (χ4v) is 2.17. The van der Waals surface area contributed by atoms with Crippen molar-refractivity contribution >= 4 is 17.6 Å². The first-order valence-electron chi connectivity index (χ1n) is 6.84. The van der Waals surface area contributed by atoms with Crippen LogP contribution in [0.2, 0.25) is 0 Å². The third kappa shape index (κ3) is 4.40. The van der Waals surface area contributed by atoms with E-state index >= 15 is 0 Å². The summed E-state index contributed by atoms with van der Waals surface area (Å²) in [5.74, 6) is -1.38. The number of halogens is 2. The Hall–Kier alpha value is -2.18. The Kier molecular flexibility index (Phi) is 5.08. The zero-order valence-corrected chi connectivity index (χ0v) is 11.5. The van der Waals surface area contributed by atoms with Crippen molar-refractivity contribution < 1.29 is 18.4 Å². The van der Waals surface area contributed by atoms with Gasteiger partial charge < -0.3 is 15.5 Å². The third-order valence-electron chi connectivity index (χ3n) is 3.24. The molecule has 1 aromatic rings. The molecule has 2 rings (SSSR count). The molecule has 0 radical (unpaired) electrons. The summed E-state index contributed by atoms with van der Waals surface area (Å²) >= 11 is 0. The Bertz CT molecular complexity index is 537. The standard InChI is InChI=1S/C14H17F2N3O2/c15-10-4-5-12(11(16)9-10)18-14(21)17-6-2-8-19-7-1-3-13(19)20/h4-5,9H,1-3,6-8H2,(H2,17,18,21). The lowest BCUT2D eigenvalue weighted by molar-refractivity contribution is -0.127. The zero-order valence-electron chi connectivity index (χ0n) is 11.5. The fraction of sp³-hybridized carbons (Fsp3) is 0.429. The number of rotatable bonds is 5. The monoisotopic (exact) mass is 297 g/mol. The van der Waals surface area contributed by atoms with Crippen LogP contribution in [-0.4, -0.2) is 36.5 Å². The number of carbonyl (C=O) groups is 2. The van der Waals surface area contributed by atoms with E-state index in [-0.39, 0.29) is 11.6 Å². The quantitative estimate of drug-likeness (QED) is 0.818. The van der Waals surface area contributed by atoms with Crippen molar-refractivity contribution in [1.82, 2.24) is 10.2 Å². The Labute approximate surface area is 121 Å². The molecule has 0 unspecified atom stereocenters. The van der Waals surface area contributed by atoms with E-state index in [0.717, 1.165) is 25.1 Å². The molecule has 0 spiro atoms. The molecule has 0 saturated carbocycles. The Balaban J connectivity index is 1.68. The SMILES string of the molecule is O=C(NCCCN1CCCC1=O)Nc1ccc(F)cc1F. The van der Waals surface area contributed by atoms with Crippen molar-refractivity contribution in [1.29, 1.82) is 0 Å². The highest BCUT2D eigenvalue weighted by molar-refractivity contribution is 5.89. The molecule has 1 aliphatic rings. The summed E-state index contributed by atoms with van der Waals surface area (Å²) in [5.41, 5.74) is -0.0800. The van der Waals surface area contributed by atoms with Crippen LogP contribution in [0.25, 0.3) is 0 Å². The minimum Gasteiger partial charge on any atom is -0.343 e. The molecule has 2 N–H and O–H groups in total. The molecule has 1 aromatic carbocycles. The van der Waals surface area contributed by atoms with Gasteiger partial charge in [-0.2, -0.15) is 0 Å². The first kappa shape index (κ1) is 15.2. The molecular formula is C14H17F2N3O2. The lowest BCUT2D eigenvalue weighted by atomic mass is 10.3. The number of nitrogens with zero attached hydrogens (tertiary/aromatic N) is 1. The van der Waals surface area contributed by atoms with E-state index in [0.29, 0.717) is 32.0 Å². The van der Waals surface area contributed by atoms with E-state index in [2.05, 4.69) is 10.6 Å². The van der Waals surface area contributed by atoms with Crippen molar-refractivity contribution in [2.75, 3.05) is 25.0 Å². The number of urea groups is 1. The number of hydrogen-bond donors (Lipinski definition) is 2. The van der Waals surface area contributed by atoms with Gasteiger partial charge in [-0.3, -0.25) is 4.79 Å². The normalized spacial score (nSPS) is 14.4. The molecule has 0 bridgehead atoms. The van der Waals surface area contributed by atoms with Crippen LogP contribution in [0.3, 0.4) is 0 Å². The predicted molar refractivity (Wildman–Crippen MR) is 73.8 cm³/mol. The van der Waals surface area contributed by atoms with E-state index in [1.54, 1.807) is 4.90 Å². The van der Waals surface area contributed by atoms with Gasteiger partial charge in [-0.25, -0.2) is 13.6 Å². The van der Waals surface area contributed by atoms with Crippen molar-refractivity contribution in [2.45, 2.75) is 19.3 Å². The van der Waals surface area contributed by atoms with Crippen LogP contribution in [0.4, 0.5) is 19.3 Å². The molecule has 7 heteroatoms. The van der Waals surface area contributed by atoms with Crippen molar-refractivity contribution in [3.63, 3.8) is 0 Å². The number of amides is 3. The summed E-state index contributed by atoms with van der Waals surface area (Å²) in [6, 6.07) is 2.37. The molecule has 0 aliphatic carbocycles. The van der Waals surface area contributed by atoms with Crippen molar-refractivity contribution in [2.24, 2.45) is 0 Å². The van der Waals surface area contributed by atoms with Crippen LogP contribution in [0, 0.1) is 11.6 Å². The van der Waals surface area contributed by atoms with Crippen LogP contribution in [0.1, 0.15) is 19.3 Å². The molecule has 21 heavy (non-hydrogen) atoms. The summed E-state index contributed by atoms with van der Waals surface area (Å²) in [4.78, 5) is 24.7. The smallest absolute Gasteiger partial charge is 0.319 e. The maximum atomic E-state index is 13.3. The molecule has 3 amide bonds. The van der Waals surface area contributed by atoms with Gasteiger partial charge in [-0.1, -0.05) is 0 Å². The van der Waals surface area contributed by atoms with E-state index in [1.165, 1.54) is 0 Å². The third-order valence-corrected chi connectivity index (χ3v) is 3.24. The number of anilines is 1. The lowest BCUT2D eigenvalue weighted by Crippen LogP contribution is -2.33. The minimum absolute atomic E-state index is 0.0800. The molecule has 1 saturated heterocycles. The van der Waals surface area contributed by atoms with Gasteiger partial charge in [0.05, 0.1) is 5.69 Å². The fourth-order valence-electron chi connectivity index (χ4n) is 2.17.